The van der Waals surface area contributed by atoms with E-state index in [0.717, 1.165) is 0 Å². The van der Waals surface area contributed by atoms with Gasteiger partial charge in [0.15, 0.2) is 11.5 Å². The van der Waals surface area contributed by atoms with Gasteiger partial charge in [0, 0.05) is 12.3 Å². The monoisotopic (exact) mass is 288 g/mol. The Bertz CT molecular complexity index is 797. The van der Waals surface area contributed by atoms with Crippen LogP contribution < -0.4 is 0 Å². The molecule has 0 fully saturated rings. The quantitative estimate of drug-likeness (QED) is 0.688. The maximum absolute atomic E-state index is 8.86. The van der Waals surface area contributed by atoms with Gasteiger partial charge in [-0.1, -0.05) is 29.3 Å². The van der Waals surface area contributed by atoms with Crippen molar-refractivity contribution in [2.75, 3.05) is 0 Å². The van der Waals surface area contributed by atoms with E-state index in [1.165, 1.54) is 0 Å². The Morgan fingerprint density at radius 1 is 1.11 bits per heavy atom. The molecular weight excluding hydrogens is 283 g/mol. The van der Waals surface area contributed by atoms with Gasteiger partial charge in [-0.3, -0.25) is 4.40 Å². The first-order valence-electron chi connectivity index (χ1n) is 5.40. The summed E-state index contributed by atoms with van der Waals surface area (Å²) in [5.41, 5.74) is 1.73. The maximum atomic E-state index is 8.86. The van der Waals surface area contributed by atoms with Crippen LogP contribution in [0, 0.1) is 11.3 Å². The molecule has 0 radical (unpaired) electrons. The summed E-state index contributed by atoms with van der Waals surface area (Å²) in [7, 11) is 0. The van der Waals surface area contributed by atoms with Crippen molar-refractivity contribution in [1.82, 2.24) is 14.6 Å². The molecule has 0 atom stereocenters. The molecule has 0 bridgehead atoms. The van der Waals surface area contributed by atoms with Crippen LogP contribution in [0.15, 0.2) is 36.5 Å². The average molecular weight is 289 g/mol. The SMILES string of the molecule is N#Cc1ccn2c(-c3c(Cl)cccc3Cl)nnc2c1. The molecule has 0 aliphatic carbocycles. The van der Waals surface area contributed by atoms with Crippen LogP contribution >= 0.6 is 23.2 Å². The number of fused-ring (bicyclic) bond motifs is 1. The number of aromatic nitrogens is 3. The molecule has 3 aromatic rings. The fourth-order valence-electron chi connectivity index (χ4n) is 1.84. The number of rotatable bonds is 1. The molecule has 0 saturated carbocycles. The first-order chi connectivity index (χ1) is 9.20. The zero-order chi connectivity index (χ0) is 13.4. The lowest BCUT2D eigenvalue weighted by Gasteiger charge is -2.04. The van der Waals surface area contributed by atoms with Gasteiger partial charge in [0.1, 0.15) is 0 Å². The number of benzene rings is 1. The minimum absolute atomic E-state index is 0.506. The summed E-state index contributed by atoms with van der Waals surface area (Å²) < 4.78 is 1.74. The van der Waals surface area contributed by atoms with E-state index in [0.29, 0.717) is 32.6 Å². The van der Waals surface area contributed by atoms with Gasteiger partial charge >= 0.3 is 0 Å². The number of nitrogens with zero attached hydrogens (tertiary/aromatic N) is 4. The molecule has 0 aliphatic heterocycles. The summed E-state index contributed by atoms with van der Waals surface area (Å²) in [6, 6.07) is 10.7. The van der Waals surface area contributed by atoms with Gasteiger partial charge < -0.3 is 0 Å². The van der Waals surface area contributed by atoms with E-state index in [1.807, 2.05) is 0 Å². The highest BCUT2D eigenvalue weighted by Crippen LogP contribution is 2.33. The summed E-state index contributed by atoms with van der Waals surface area (Å²) in [6.45, 7) is 0. The normalized spacial score (nSPS) is 10.6. The van der Waals surface area contributed by atoms with Crippen molar-refractivity contribution in [3.05, 3.63) is 52.1 Å². The van der Waals surface area contributed by atoms with E-state index in [4.69, 9.17) is 28.5 Å². The zero-order valence-electron chi connectivity index (χ0n) is 9.51. The van der Waals surface area contributed by atoms with E-state index in [-0.39, 0.29) is 0 Å². The first-order valence-corrected chi connectivity index (χ1v) is 6.15. The van der Waals surface area contributed by atoms with Crippen LogP contribution in [0.25, 0.3) is 17.0 Å². The molecule has 2 aromatic heterocycles. The van der Waals surface area contributed by atoms with Gasteiger partial charge in [-0.2, -0.15) is 5.26 Å². The topological polar surface area (TPSA) is 54.0 Å². The second kappa shape index (κ2) is 4.54. The molecule has 0 saturated heterocycles. The van der Waals surface area contributed by atoms with E-state index in [1.54, 1.807) is 40.9 Å². The molecule has 0 spiro atoms. The number of halogens is 2. The Morgan fingerprint density at radius 3 is 2.53 bits per heavy atom. The Labute approximate surface area is 118 Å². The molecule has 2 heterocycles. The molecule has 3 rings (SSSR count). The van der Waals surface area contributed by atoms with Gasteiger partial charge in [0.25, 0.3) is 0 Å². The van der Waals surface area contributed by atoms with Crippen LogP contribution in [-0.2, 0) is 0 Å². The lowest BCUT2D eigenvalue weighted by Crippen LogP contribution is -1.91. The highest BCUT2D eigenvalue weighted by molar-refractivity contribution is 6.39. The van der Waals surface area contributed by atoms with E-state index in [2.05, 4.69) is 16.3 Å². The highest BCUT2D eigenvalue weighted by atomic mass is 35.5. The van der Waals surface area contributed by atoms with Gasteiger partial charge in [0.05, 0.1) is 27.2 Å². The highest BCUT2D eigenvalue weighted by Gasteiger charge is 2.14. The Hall–Kier alpha value is -2.09. The third-order valence-corrected chi connectivity index (χ3v) is 3.36. The smallest absolute Gasteiger partial charge is 0.171 e. The molecule has 4 nitrogen and oxygen atoms in total. The second-order valence-electron chi connectivity index (χ2n) is 3.88. The lowest BCUT2D eigenvalue weighted by atomic mass is 10.2. The number of nitriles is 1. The van der Waals surface area contributed by atoms with Crippen molar-refractivity contribution in [2.24, 2.45) is 0 Å². The van der Waals surface area contributed by atoms with Crippen molar-refractivity contribution in [3.63, 3.8) is 0 Å². The molecule has 1 aromatic carbocycles. The number of hydrogen-bond donors (Lipinski definition) is 0. The Balaban J connectivity index is 2.30. The van der Waals surface area contributed by atoms with Crippen molar-refractivity contribution >= 4 is 28.8 Å². The molecule has 0 amide bonds. The van der Waals surface area contributed by atoms with Gasteiger partial charge in [-0.25, -0.2) is 0 Å². The predicted molar refractivity (Wildman–Crippen MR) is 73.2 cm³/mol. The minimum Gasteiger partial charge on any atom is -0.282 e. The predicted octanol–water partition coefficient (Wildman–Crippen LogP) is 3.57. The fourth-order valence-corrected chi connectivity index (χ4v) is 2.41. The van der Waals surface area contributed by atoms with Crippen molar-refractivity contribution < 1.29 is 0 Å². The molecule has 0 aliphatic rings. The van der Waals surface area contributed by atoms with Gasteiger partial charge in [0.2, 0.25) is 0 Å². The number of hydrogen-bond acceptors (Lipinski definition) is 3. The van der Waals surface area contributed by atoms with Crippen molar-refractivity contribution in [2.45, 2.75) is 0 Å². The first kappa shape index (κ1) is 12.0. The maximum Gasteiger partial charge on any atom is 0.171 e. The molecule has 92 valence electrons. The average Bonchev–Trinajstić information content (AvgIpc) is 2.81. The Kier molecular flexibility index (Phi) is 2.86. The van der Waals surface area contributed by atoms with Crippen molar-refractivity contribution in [3.8, 4) is 17.5 Å². The van der Waals surface area contributed by atoms with Crippen LogP contribution in [0.2, 0.25) is 10.0 Å². The molecule has 19 heavy (non-hydrogen) atoms. The molecule has 0 N–H and O–H groups in total. The van der Waals surface area contributed by atoms with Crippen LogP contribution in [0.3, 0.4) is 0 Å². The molecule has 0 unspecified atom stereocenters. The Morgan fingerprint density at radius 2 is 1.84 bits per heavy atom. The summed E-state index contributed by atoms with van der Waals surface area (Å²) >= 11 is 12.3. The summed E-state index contributed by atoms with van der Waals surface area (Å²) in [4.78, 5) is 0. The van der Waals surface area contributed by atoms with Crippen LogP contribution in [0.5, 0.6) is 0 Å². The standard InChI is InChI=1S/C13H6Cl2N4/c14-9-2-1-3-10(15)12(9)13-18-17-11-6-8(7-16)4-5-19(11)13/h1-6H. The number of pyridine rings is 1. The van der Waals surface area contributed by atoms with Crippen LogP contribution in [0.1, 0.15) is 5.56 Å². The minimum atomic E-state index is 0.506. The lowest BCUT2D eigenvalue weighted by molar-refractivity contribution is 1.11. The van der Waals surface area contributed by atoms with Crippen LogP contribution in [0.4, 0.5) is 0 Å². The van der Waals surface area contributed by atoms with E-state index >= 15 is 0 Å². The van der Waals surface area contributed by atoms with E-state index in [9.17, 15) is 0 Å². The molecule has 6 heteroatoms. The van der Waals surface area contributed by atoms with Crippen LogP contribution in [-0.4, -0.2) is 14.6 Å². The van der Waals surface area contributed by atoms with Gasteiger partial charge in [-0.15, -0.1) is 10.2 Å². The summed E-state index contributed by atoms with van der Waals surface area (Å²) in [5, 5.41) is 18.0. The third-order valence-electron chi connectivity index (χ3n) is 2.73. The van der Waals surface area contributed by atoms with Crippen molar-refractivity contribution in [1.29, 1.82) is 5.26 Å². The third kappa shape index (κ3) is 1.93. The summed E-state index contributed by atoms with van der Waals surface area (Å²) in [5.74, 6) is 0.551. The molecular formula is C13H6Cl2N4. The fraction of sp³-hybridized carbons (Fsp3) is 0. The zero-order valence-corrected chi connectivity index (χ0v) is 11.0. The largest absolute Gasteiger partial charge is 0.282 e. The van der Waals surface area contributed by atoms with E-state index < -0.39 is 0 Å². The second-order valence-corrected chi connectivity index (χ2v) is 4.69. The van der Waals surface area contributed by atoms with Gasteiger partial charge in [-0.05, 0) is 18.2 Å². The summed E-state index contributed by atoms with van der Waals surface area (Å²) in [6.07, 6.45) is 1.73.